The van der Waals surface area contributed by atoms with Crippen LogP contribution in [0.15, 0.2) is 36.0 Å². The van der Waals surface area contributed by atoms with Crippen LogP contribution in [0, 0.1) is 0 Å². The Bertz CT molecular complexity index is 465. The van der Waals surface area contributed by atoms with Gasteiger partial charge in [-0.05, 0) is 24.3 Å². The number of aromatic hydroxyl groups is 1. The molecule has 16 heavy (non-hydrogen) atoms. The lowest BCUT2D eigenvalue weighted by atomic mass is 10.2. The maximum Gasteiger partial charge on any atom is 0.251 e. The SMILES string of the molecule is O=C(NCc1cncs1)c1ccc(O)cc1. The summed E-state index contributed by atoms with van der Waals surface area (Å²) in [4.78, 5) is 16.6. The second-order valence-corrected chi connectivity index (χ2v) is 4.17. The van der Waals surface area contributed by atoms with Gasteiger partial charge in [-0.25, -0.2) is 0 Å². The molecular weight excluding hydrogens is 224 g/mol. The molecule has 0 fully saturated rings. The molecule has 0 bridgehead atoms. The number of phenolic OH excluding ortho intramolecular Hbond substituents is 1. The van der Waals surface area contributed by atoms with Crippen LogP contribution in [0.3, 0.4) is 0 Å². The number of carbonyl (C=O) groups excluding carboxylic acids is 1. The number of carbonyl (C=O) groups is 1. The average Bonchev–Trinajstić information content (AvgIpc) is 2.80. The number of phenols is 1. The normalized spacial score (nSPS) is 10.0. The van der Waals surface area contributed by atoms with Crippen LogP contribution in [0.5, 0.6) is 5.75 Å². The van der Waals surface area contributed by atoms with E-state index in [0.29, 0.717) is 12.1 Å². The van der Waals surface area contributed by atoms with Gasteiger partial charge in [-0.3, -0.25) is 9.78 Å². The molecule has 0 saturated carbocycles. The van der Waals surface area contributed by atoms with Gasteiger partial charge in [-0.2, -0.15) is 0 Å². The fourth-order valence-corrected chi connectivity index (χ4v) is 1.75. The highest BCUT2D eigenvalue weighted by atomic mass is 32.1. The Morgan fingerprint density at radius 3 is 2.75 bits per heavy atom. The summed E-state index contributed by atoms with van der Waals surface area (Å²) < 4.78 is 0. The summed E-state index contributed by atoms with van der Waals surface area (Å²) in [6.45, 7) is 0.477. The minimum atomic E-state index is -0.159. The summed E-state index contributed by atoms with van der Waals surface area (Å²) in [5.74, 6) is -0.00703. The number of hydrogen-bond donors (Lipinski definition) is 2. The minimum absolute atomic E-state index is 0.152. The van der Waals surface area contributed by atoms with E-state index in [1.165, 1.54) is 23.5 Å². The molecule has 82 valence electrons. The van der Waals surface area contributed by atoms with Crippen molar-refractivity contribution in [2.75, 3.05) is 0 Å². The van der Waals surface area contributed by atoms with Gasteiger partial charge >= 0.3 is 0 Å². The minimum Gasteiger partial charge on any atom is -0.508 e. The fourth-order valence-electron chi connectivity index (χ4n) is 1.21. The van der Waals surface area contributed by atoms with Crippen molar-refractivity contribution in [1.82, 2.24) is 10.3 Å². The molecule has 0 spiro atoms. The number of aromatic nitrogens is 1. The van der Waals surface area contributed by atoms with Crippen molar-refractivity contribution < 1.29 is 9.90 Å². The first-order valence-corrected chi connectivity index (χ1v) is 5.58. The molecular formula is C11H10N2O2S. The average molecular weight is 234 g/mol. The second kappa shape index (κ2) is 4.76. The molecule has 0 atom stereocenters. The lowest BCUT2D eigenvalue weighted by Crippen LogP contribution is -2.22. The Hall–Kier alpha value is -1.88. The lowest BCUT2D eigenvalue weighted by molar-refractivity contribution is 0.0951. The van der Waals surface area contributed by atoms with Crippen LogP contribution in [0.4, 0.5) is 0 Å². The highest BCUT2D eigenvalue weighted by molar-refractivity contribution is 7.09. The van der Waals surface area contributed by atoms with Gasteiger partial charge in [0.1, 0.15) is 5.75 Å². The third-order valence-corrected chi connectivity index (χ3v) is 2.82. The number of thiazole rings is 1. The van der Waals surface area contributed by atoms with Gasteiger partial charge in [-0.1, -0.05) is 0 Å². The number of rotatable bonds is 3. The van der Waals surface area contributed by atoms with Crippen LogP contribution in [0.25, 0.3) is 0 Å². The molecule has 2 N–H and O–H groups in total. The van der Waals surface area contributed by atoms with E-state index in [0.717, 1.165) is 4.88 Å². The van der Waals surface area contributed by atoms with Gasteiger partial charge in [0, 0.05) is 16.6 Å². The van der Waals surface area contributed by atoms with Crippen LogP contribution >= 0.6 is 11.3 Å². The smallest absolute Gasteiger partial charge is 0.251 e. The van der Waals surface area contributed by atoms with Crippen molar-refractivity contribution in [3.8, 4) is 5.75 Å². The van der Waals surface area contributed by atoms with E-state index >= 15 is 0 Å². The molecule has 1 aromatic heterocycles. The van der Waals surface area contributed by atoms with Crippen molar-refractivity contribution >= 4 is 17.2 Å². The molecule has 5 heteroatoms. The maximum absolute atomic E-state index is 11.6. The van der Waals surface area contributed by atoms with E-state index in [-0.39, 0.29) is 11.7 Å². The largest absolute Gasteiger partial charge is 0.508 e. The van der Waals surface area contributed by atoms with Gasteiger partial charge < -0.3 is 10.4 Å². The highest BCUT2D eigenvalue weighted by Gasteiger charge is 2.05. The van der Waals surface area contributed by atoms with Crippen LogP contribution in [-0.2, 0) is 6.54 Å². The molecule has 1 heterocycles. The van der Waals surface area contributed by atoms with Gasteiger partial charge in [0.05, 0.1) is 12.1 Å². The molecule has 0 radical (unpaired) electrons. The summed E-state index contributed by atoms with van der Waals surface area (Å²) in [6, 6.07) is 6.14. The van der Waals surface area contributed by atoms with Crippen molar-refractivity contribution in [3.05, 3.63) is 46.4 Å². The summed E-state index contributed by atoms with van der Waals surface area (Å²) in [6.07, 6.45) is 1.72. The van der Waals surface area contributed by atoms with E-state index < -0.39 is 0 Å². The van der Waals surface area contributed by atoms with Crippen LogP contribution in [0.1, 0.15) is 15.2 Å². The monoisotopic (exact) mass is 234 g/mol. The Labute approximate surface area is 96.6 Å². The molecule has 0 saturated heterocycles. The third-order valence-electron chi connectivity index (χ3n) is 2.04. The summed E-state index contributed by atoms with van der Waals surface area (Å²) in [5.41, 5.74) is 2.25. The topological polar surface area (TPSA) is 62.2 Å². The molecule has 0 aliphatic carbocycles. The number of benzene rings is 1. The van der Waals surface area contributed by atoms with E-state index in [4.69, 9.17) is 5.11 Å². The summed E-state index contributed by atoms with van der Waals surface area (Å²) in [7, 11) is 0. The Balaban J connectivity index is 1.95. The lowest BCUT2D eigenvalue weighted by Gasteiger charge is -2.03. The first-order chi connectivity index (χ1) is 7.75. The van der Waals surface area contributed by atoms with Crippen LogP contribution in [-0.4, -0.2) is 16.0 Å². The van der Waals surface area contributed by atoms with E-state index in [2.05, 4.69) is 10.3 Å². The molecule has 0 unspecified atom stereocenters. The van der Waals surface area contributed by atoms with Crippen molar-refractivity contribution in [1.29, 1.82) is 0 Å². The zero-order valence-electron chi connectivity index (χ0n) is 8.38. The molecule has 1 amide bonds. The van der Waals surface area contributed by atoms with Gasteiger partial charge in [0.15, 0.2) is 0 Å². The number of hydrogen-bond acceptors (Lipinski definition) is 4. The fraction of sp³-hybridized carbons (Fsp3) is 0.0909. The van der Waals surface area contributed by atoms with Gasteiger partial charge in [-0.15, -0.1) is 11.3 Å². The molecule has 4 nitrogen and oxygen atoms in total. The first kappa shape index (κ1) is 10.6. The molecule has 0 aliphatic heterocycles. The van der Waals surface area contributed by atoms with Crippen molar-refractivity contribution in [2.24, 2.45) is 0 Å². The quantitative estimate of drug-likeness (QED) is 0.851. The number of nitrogens with zero attached hydrogens (tertiary/aromatic N) is 1. The van der Waals surface area contributed by atoms with Crippen molar-refractivity contribution in [2.45, 2.75) is 6.54 Å². The zero-order chi connectivity index (χ0) is 11.4. The first-order valence-electron chi connectivity index (χ1n) is 4.70. The predicted molar refractivity (Wildman–Crippen MR) is 61.4 cm³/mol. The Kier molecular flexibility index (Phi) is 3.16. The van der Waals surface area contributed by atoms with Crippen molar-refractivity contribution in [3.63, 3.8) is 0 Å². The summed E-state index contributed by atoms with van der Waals surface area (Å²) in [5, 5.41) is 11.9. The van der Waals surface area contributed by atoms with E-state index in [1.54, 1.807) is 23.8 Å². The maximum atomic E-state index is 11.6. The predicted octanol–water partition coefficient (Wildman–Crippen LogP) is 1.78. The zero-order valence-corrected chi connectivity index (χ0v) is 9.20. The molecule has 0 aliphatic rings. The van der Waals surface area contributed by atoms with Gasteiger partial charge in [0.2, 0.25) is 0 Å². The molecule has 1 aromatic carbocycles. The number of nitrogens with one attached hydrogen (secondary N) is 1. The van der Waals surface area contributed by atoms with E-state index in [1.807, 2.05) is 0 Å². The Morgan fingerprint density at radius 1 is 1.38 bits per heavy atom. The third kappa shape index (κ3) is 2.58. The number of amides is 1. The molecule has 2 aromatic rings. The van der Waals surface area contributed by atoms with Gasteiger partial charge in [0.25, 0.3) is 5.91 Å². The van der Waals surface area contributed by atoms with E-state index in [9.17, 15) is 4.79 Å². The second-order valence-electron chi connectivity index (χ2n) is 3.20. The molecule has 2 rings (SSSR count). The summed E-state index contributed by atoms with van der Waals surface area (Å²) >= 11 is 1.50. The standard InChI is InChI=1S/C11H10N2O2S/c14-9-3-1-8(2-4-9)11(15)13-6-10-5-12-7-16-10/h1-5,7,14H,6H2,(H,13,15). The van der Waals surface area contributed by atoms with Crippen LogP contribution < -0.4 is 5.32 Å². The van der Waals surface area contributed by atoms with Crippen LogP contribution in [0.2, 0.25) is 0 Å². The Morgan fingerprint density at radius 2 is 2.12 bits per heavy atom. The highest BCUT2D eigenvalue weighted by Crippen LogP contribution is 2.10.